The van der Waals surface area contributed by atoms with Crippen LogP contribution in [0.5, 0.6) is 0 Å². The van der Waals surface area contributed by atoms with Crippen LogP contribution in [0.25, 0.3) is 21.9 Å². The second-order valence-corrected chi connectivity index (χ2v) is 6.60. The van der Waals surface area contributed by atoms with E-state index in [0.29, 0.717) is 5.02 Å². The van der Waals surface area contributed by atoms with E-state index in [1.807, 2.05) is 24.3 Å². The molecule has 5 heteroatoms. The van der Waals surface area contributed by atoms with Gasteiger partial charge in [-0.25, -0.2) is 0 Å². The third-order valence-electron chi connectivity index (χ3n) is 2.56. The third-order valence-corrected chi connectivity index (χ3v) is 5.60. The van der Waals surface area contributed by atoms with Crippen LogP contribution in [0.3, 0.4) is 0 Å². The van der Waals surface area contributed by atoms with Gasteiger partial charge in [0.05, 0.1) is 5.02 Å². The molecule has 0 amide bonds. The molecule has 0 bridgehead atoms. The Labute approximate surface area is 127 Å². The molecule has 17 heavy (non-hydrogen) atoms. The van der Waals surface area contributed by atoms with Crippen molar-refractivity contribution >= 4 is 81.3 Å². The van der Waals surface area contributed by atoms with Crippen molar-refractivity contribution in [3.8, 4) is 0 Å². The molecule has 0 unspecified atom stereocenters. The average Bonchev–Trinajstić information content (AvgIpc) is 2.58. The highest BCUT2D eigenvalue weighted by atomic mass is 79.9. The van der Waals surface area contributed by atoms with Crippen LogP contribution < -0.4 is 0 Å². The van der Waals surface area contributed by atoms with Gasteiger partial charge >= 0.3 is 0 Å². The van der Waals surface area contributed by atoms with Crippen LogP contribution in [0, 0.1) is 0 Å². The van der Waals surface area contributed by atoms with Gasteiger partial charge in [-0.1, -0.05) is 11.6 Å². The Hall–Kier alpha value is -0.0300. The molecule has 1 nitrogen and oxygen atoms in total. The van der Waals surface area contributed by atoms with Crippen LogP contribution in [-0.4, -0.2) is 0 Å². The minimum absolute atomic E-state index is 0.680. The number of furan rings is 1. The van der Waals surface area contributed by atoms with E-state index in [0.717, 1.165) is 35.4 Å². The minimum atomic E-state index is 0.680. The van der Waals surface area contributed by atoms with Crippen molar-refractivity contribution < 1.29 is 4.42 Å². The minimum Gasteiger partial charge on any atom is -0.456 e. The fourth-order valence-corrected chi connectivity index (χ4v) is 2.92. The normalized spacial score (nSPS) is 11.5. The summed E-state index contributed by atoms with van der Waals surface area (Å²) in [5, 5.41) is 2.74. The molecule has 0 atom stereocenters. The van der Waals surface area contributed by atoms with Crippen molar-refractivity contribution in [2.24, 2.45) is 0 Å². The summed E-state index contributed by atoms with van der Waals surface area (Å²) in [6.45, 7) is 0. The third kappa shape index (κ3) is 1.95. The fourth-order valence-electron chi connectivity index (χ4n) is 1.77. The van der Waals surface area contributed by atoms with E-state index in [2.05, 4.69) is 47.8 Å². The summed E-state index contributed by atoms with van der Waals surface area (Å²) in [5.74, 6) is 0. The zero-order valence-corrected chi connectivity index (χ0v) is 13.7. The second kappa shape index (κ2) is 4.26. The Bertz CT molecular complexity index is 686. The standard InChI is InChI=1S/C12H4Br3ClO/c13-7-1-5-6-2-10(16)9(15)4-12(6)17-11(5)3-8(7)14/h1-4H. The zero-order chi connectivity index (χ0) is 12.2. The van der Waals surface area contributed by atoms with Crippen LogP contribution in [0.2, 0.25) is 5.02 Å². The van der Waals surface area contributed by atoms with E-state index in [4.69, 9.17) is 16.0 Å². The van der Waals surface area contributed by atoms with Gasteiger partial charge in [0.15, 0.2) is 0 Å². The number of halogens is 4. The Morgan fingerprint density at radius 2 is 1.29 bits per heavy atom. The topological polar surface area (TPSA) is 13.1 Å². The molecule has 1 aromatic heterocycles. The Kier molecular flexibility index (Phi) is 3.02. The predicted molar refractivity (Wildman–Crippen MR) is 81.8 cm³/mol. The van der Waals surface area contributed by atoms with E-state index in [1.54, 1.807) is 0 Å². The van der Waals surface area contributed by atoms with Crippen molar-refractivity contribution in [1.82, 2.24) is 0 Å². The van der Waals surface area contributed by atoms with Gasteiger partial charge in [0, 0.05) is 24.2 Å². The van der Waals surface area contributed by atoms with E-state index < -0.39 is 0 Å². The molecule has 1 heterocycles. The highest BCUT2D eigenvalue weighted by Gasteiger charge is 2.11. The van der Waals surface area contributed by atoms with E-state index in [-0.39, 0.29) is 0 Å². The Morgan fingerprint density at radius 1 is 0.765 bits per heavy atom. The molecule has 3 rings (SSSR count). The number of hydrogen-bond donors (Lipinski definition) is 0. The summed E-state index contributed by atoms with van der Waals surface area (Å²) in [6.07, 6.45) is 0. The van der Waals surface area contributed by atoms with Crippen LogP contribution in [-0.2, 0) is 0 Å². The molecule has 0 aliphatic rings. The molecule has 0 N–H and O–H groups in total. The van der Waals surface area contributed by atoms with Crippen LogP contribution >= 0.6 is 59.4 Å². The molecule has 3 aromatic rings. The smallest absolute Gasteiger partial charge is 0.136 e. The fraction of sp³-hybridized carbons (Fsp3) is 0. The van der Waals surface area contributed by atoms with Crippen molar-refractivity contribution in [2.45, 2.75) is 0 Å². The molecular formula is C12H4Br3ClO. The number of rotatable bonds is 0. The first-order chi connectivity index (χ1) is 8.06. The summed E-state index contributed by atoms with van der Waals surface area (Å²) in [4.78, 5) is 0. The molecule has 0 saturated carbocycles. The molecule has 0 radical (unpaired) electrons. The molecule has 0 saturated heterocycles. The van der Waals surface area contributed by atoms with Gasteiger partial charge in [0.1, 0.15) is 11.2 Å². The number of hydrogen-bond acceptors (Lipinski definition) is 1. The van der Waals surface area contributed by atoms with E-state index >= 15 is 0 Å². The van der Waals surface area contributed by atoms with Gasteiger partial charge in [0.25, 0.3) is 0 Å². The zero-order valence-electron chi connectivity index (χ0n) is 8.23. The average molecular weight is 439 g/mol. The first kappa shape index (κ1) is 12.0. The van der Waals surface area contributed by atoms with Crippen LogP contribution in [0.1, 0.15) is 0 Å². The molecule has 0 spiro atoms. The lowest BCUT2D eigenvalue weighted by atomic mass is 10.1. The van der Waals surface area contributed by atoms with Crippen LogP contribution in [0.15, 0.2) is 42.1 Å². The van der Waals surface area contributed by atoms with Crippen molar-refractivity contribution in [2.75, 3.05) is 0 Å². The van der Waals surface area contributed by atoms with E-state index in [1.165, 1.54) is 0 Å². The van der Waals surface area contributed by atoms with Gasteiger partial charge in [-0.2, -0.15) is 0 Å². The molecular weight excluding hydrogens is 435 g/mol. The predicted octanol–water partition coefficient (Wildman–Crippen LogP) is 6.53. The lowest BCUT2D eigenvalue weighted by molar-refractivity contribution is 0.668. The SMILES string of the molecule is Clc1cc2c(cc1Br)oc1cc(Br)c(Br)cc12. The maximum atomic E-state index is 6.11. The summed E-state index contributed by atoms with van der Waals surface area (Å²) in [7, 11) is 0. The van der Waals surface area contributed by atoms with Crippen LogP contribution in [0.4, 0.5) is 0 Å². The van der Waals surface area contributed by atoms with Gasteiger partial charge in [-0.05, 0) is 72.1 Å². The summed E-state index contributed by atoms with van der Waals surface area (Å²) in [5.41, 5.74) is 1.66. The monoisotopic (exact) mass is 436 g/mol. The molecule has 86 valence electrons. The molecule has 0 aliphatic heterocycles. The Morgan fingerprint density at radius 3 is 2.00 bits per heavy atom. The lowest BCUT2D eigenvalue weighted by Crippen LogP contribution is -1.72. The summed E-state index contributed by atoms with van der Waals surface area (Å²) in [6, 6.07) is 7.77. The molecule has 2 aromatic carbocycles. The molecule has 0 fully saturated rings. The highest BCUT2D eigenvalue weighted by molar-refractivity contribution is 9.13. The molecule has 0 aliphatic carbocycles. The lowest BCUT2D eigenvalue weighted by Gasteiger charge is -1.96. The maximum absolute atomic E-state index is 6.11. The van der Waals surface area contributed by atoms with Gasteiger partial charge < -0.3 is 4.42 Å². The number of fused-ring (bicyclic) bond motifs is 3. The first-order valence-corrected chi connectivity index (χ1v) is 7.48. The number of benzene rings is 2. The highest BCUT2D eigenvalue weighted by Crippen LogP contribution is 2.38. The quantitative estimate of drug-likeness (QED) is 0.388. The van der Waals surface area contributed by atoms with Gasteiger partial charge in [-0.15, -0.1) is 0 Å². The van der Waals surface area contributed by atoms with Crippen molar-refractivity contribution in [1.29, 1.82) is 0 Å². The second-order valence-electron chi connectivity index (χ2n) is 3.63. The van der Waals surface area contributed by atoms with Gasteiger partial charge in [0.2, 0.25) is 0 Å². The van der Waals surface area contributed by atoms with E-state index in [9.17, 15) is 0 Å². The van der Waals surface area contributed by atoms with Gasteiger partial charge in [-0.3, -0.25) is 0 Å². The van der Waals surface area contributed by atoms with Crippen molar-refractivity contribution in [3.63, 3.8) is 0 Å². The Balaban J connectivity index is 2.51. The van der Waals surface area contributed by atoms with Crippen molar-refractivity contribution in [3.05, 3.63) is 42.7 Å². The maximum Gasteiger partial charge on any atom is 0.136 e. The first-order valence-electron chi connectivity index (χ1n) is 4.72. The summed E-state index contributed by atoms with van der Waals surface area (Å²) >= 11 is 16.4. The largest absolute Gasteiger partial charge is 0.456 e. The summed E-state index contributed by atoms with van der Waals surface area (Å²) < 4.78 is 8.58.